The molecule has 2 aromatic rings. The van der Waals surface area contributed by atoms with E-state index in [-0.39, 0.29) is 11.8 Å². The van der Waals surface area contributed by atoms with Crippen LogP contribution in [0.1, 0.15) is 37.7 Å². The van der Waals surface area contributed by atoms with Crippen molar-refractivity contribution >= 4 is 23.1 Å². The molecule has 1 aliphatic carbocycles. The van der Waals surface area contributed by atoms with Crippen molar-refractivity contribution in [1.29, 1.82) is 0 Å². The van der Waals surface area contributed by atoms with E-state index in [1.54, 1.807) is 6.20 Å². The fourth-order valence-electron chi connectivity index (χ4n) is 2.94. The number of aryl methyl sites for hydroxylation is 1. The Balaban J connectivity index is 1.58. The number of nitrogens with one attached hydrogen (secondary N) is 2. The van der Waals surface area contributed by atoms with E-state index in [1.165, 1.54) is 12.0 Å². The summed E-state index contributed by atoms with van der Waals surface area (Å²) in [6.07, 6.45) is 7.30. The summed E-state index contributed by atoms with van der Waals surface area (Å²) < 4.78 is 0. The predicted molar refractivity (Wildman–Crippen MR) is 93.9 cm³/mol. The molecule has 2 N–H and O–H groups in total. The molecule has 4 nitrogen and oxygen atoms in total. The molecule has 1 aliphatic rings. The number of amides is 1. The summed E-state index contributed by atoms with van der Waals surface area (Å²) in [6, 6.07) is 11.9. The van der Waals surface area contributed by atoms with Gasteiger partial charge in [-0.25, -0.2) is 4.98 Å². The Labute approximate surface area is 137 Å². The van der Waals surface area contributed by atoms with E-state index in [1.807, 2.05) is 24.3 Å². The van der Waals surface area contributed by atoms with E-state index in [9.17, 15) is 4.79 Å². The molecule has 3 rings (SSSR count). The second-order valence-corrected chi connectivity index (χ2v) is 6.25. The van der Waals surface area contributed by atoms with Crippen molar-refractivity contribution in [3.63, 3.8) is 0 Å². The van der Waals surface area contributed by atoms with E-state index in [2.05, 4.69) is 34.7 Å². The summed E-state index contributed by atoms with van der Waals surface area (Å²) in [4.78, 5) is 16.6. The minimum absolute atomic E-state index is 0.130. The molecule has 1 heterocycles. The highest BCUT2D eigenvalue weighted by Gasteiger charge is 2.20. The quantitative estimate of drug-likeness (QED) is 0.864. The van der Waals surface area contributed by atoms with Crippen molar-refractivity contribution in [1.82, 2.24) is 4.98 Å². The maximum Gasteiger partial charge on any atom is 0.227 e. The minimum atomic E-state index is 0.130. The molecule has 0 aliphatic heterocycles. The van der Waals surface area contributed by atoms with Crippen LogP contribution in [0.15, 0.2) is 42.6 Å². The summed E-state index contributed by atoms with van der Waals surface area (Å²) >= 11 is 0. The highest BCUT2D eigenvalue weighted by Crippen LogP contribution is 2.25. The van der Waals surface area contributed by atoms with Gasteiger partial charge in [-0.15, -0.1) is 0 Å². The Morgan fingerprint density at radius 3 is 2.35 bits per heavy atom. The zero-order valence-corrected chi connectivity index (χ0v) is 13.5. The minimum Gasteiger partial charge on any atom is -0.340 e. The van der Waals surface area contributed by atoms with Crippen molar-refractivity contribution < 1.29 is 4.79 Å². The number of carbonyl (C=O) groups is 1. The lowest BCUT2D eigenvalue weighted by Crippen LogP contribution is -2.24. The zero-order chi connectivity index (χ0) is 16.1. The third-order valence-electron chi connectivity index (χ3n) is 4.33. The molecule has 1 amide bonds. The van der Waals surface area contributed by atoms with E-state index in [0.29, 0.717) is 0 Å². The molecule has 1 fully saturated rings. The molecule has 0 atom stereocenters. The average molecular weight is 309 g/mol. The lowest BCUT2D eigenvalue weighted by molar-refractivity contribution is -0.120. The normalized spacial score (nSPS) is 15.2. The van der Waals surface area contributed by atoms with E-state index >= 15 is 0 Å². The molecule has 0 unspecified atom stereocenters. The standard InChI is InChI=1S/C19H23N3O/c1-14-7-9-16(10-8-14)21-18-12-11-17(13-20-18)22-19(23)15-5-3-2-4-6-15/h7-13,15H,2-6H2,1H3,(H,20,21)(H,22,23). The molecular weight excluding hydrogens is 286 g/mol. The predicted octanol–water partition coefficient (Wildman–Crippen LogP) is 4.65. The molecule has 0 bridgehead atoms. The zero-order valence-electron chi connectivity index (χ0n) is 13.5. The molecule has 1 aromatic carbocycles. The number of pyridine rings is 1. The van der Waals surface area contributed by atoms with Crippen LogP contribution < -0.4 is 10.6 Å². The third-order valence-corrected chi connectivity index (χ3v) is 4.33. The van der Waals surface area contributed by atoms with Gasteiger partial charge in [0, 0.05) is 11.6 Å². The summed E-state index contributed by atoms with van der Waals surface area (Å²) in [6.45, 7) is 2.06. The van der Waals surface area contributed by atoms with Crippen molar-refractivity contribution in [3.05, 3.63) is 48.2 Å². The first kappa shape index (κ1) is 15.5. The average Bonchev–Trinajstić information content (AvgIpc) is 2.59. The molecule has 0 spiro atoms. The molecule has 0 radical (unpaired) electrons. The monoisotopic (exact) mass is 309 g/mol. The summed E-state index contributed by atoms with van der Waals surface area (Å²) in [5.41, 5.74) is 2.99. The van der Waals surface area contributed by atoms with Crippen LogP contribution in [0.2, 0.25) is 0 Å². The maximum atomic E-state index is 12.2. The van der Waals surface area contributed by atoms with Crippen molar-refractivity contribution in [2.75, 3.05) is 10.6 Å². The fourth-order valence-corrected chi connectivity index (χ4v) is 2.94. The van der Waals surface area contributed by atoms with Gasteiger partial charge in [-0.3, -0.25) is 4.79 Å². The summed E-state index contributed by atoms with van der Waals surface area (Å²) in [5.74, 6) is 1.06. The van der Waals surface area contributed by atoms with Crippen molar-refractivity contribution in [3.8, 4) is 0 Å². The first-order valence-corrected chi connectivity index (χ1v) is 8.31. The van der Waals surface area contributed by atoms with Gasteiger partial charge < -0.3 is 10.6 Å². The molecule has 1 aromatic heterocycles. The van der Waals surface area contributed by atoms with Crippen LogP contribution in [0.3, 0.4) is 0 Å². The van der Waals surface area contributed by atoms with Crippen molar-refractivity contribution in [2.45, 2.75) is 39.0 Å². The van der Waals surface area contributed by atoms with Crippen LogP contribution in [0.4, 0.5) is 17.2 Å². The fraction of sp³-hybridized carbons (Fsp3) is 0.368. The van der Waals surface area contributed by atoms with Gasteiger partial charge in [-0.1, -0.05) is 37.0 Å². The maximum absolute atomic E-state index is 12.2. The number of hydrogen-bond donors (Lipinski definition) is 2. The molecule has 120 valence electrons. The highest BCUT2D eigenvalue weighted by molar-refractivity contribution is 5.92. The van der Waals surface area contributed by atoms with Gasteiger partial charge in [-0.2, -0.15) is 0 Å². The van der Waals surface area contributed by atoms with Gasteiger partial charge >= 0.3 is 0 Å². The number of hydrogen-bond acceptors (Lipinski definition) is 3. The first-order chi connectivity index (χ1) is 11.2. The van der Waals surface area contributed by atoms with Gasteiger partial charge in [-0.05, 0) is 44.0 Å². The Morgan fingerprint density at radius 2 is 1.70 bits per heavy atom. The van der Waals surface area contributed by atoms with Gasteiger partial charge in [0.2, 0.25) is 5.91 Å². The molecular formula is C19H23N3O. The van der Waals surface area contributed by atoms with Crippen LogP contribution >= 0.6 is 0 Å². The Bertz CT molecular complexity index is 643. The second kappa shape index (κ2) is 7.27. The van der Waals surface area contributed by atoms with Gasteiger partial charge in [0.25, 0.3) is 0 Å². The van der Waals surface area contributed by atoms with Gasteiger partial charge in [0.05, 0.1) is 11.9 Å². The Kier molecular flexibility index (Phi) is 4.91. The summed E-state index contributed by atoms with van der Waals surface area (Å²) in [5, 5.41) is 6.23. The number of rotatable bonds is 4. The lowest BCUT2D eigenvalue weighted by atomic mass is 9.88. The Hall–Kier alpha value is -2.36. The molecule has 1 saturated carbocycles. The van der Waals surface area contributed by atoms with E-state index < -0.39 is 0 Å². The topological polar surface area (TPSA) is 54.0 Å². The lowest BCUT2D eigenvalue weighted by Gasteiger charge is -2.20. The number of nitrogens with zero attached hydrogens (tertiary/aromatic N) is 1. The molecule has 4 heteroatoms. The largest absolute Gasteiger partial charge is 0.340 e. The van der Waals surface area contributed by atoms with Gasteiger partial charge in [0.15, 0.2) is 0 Å². The number of carbonyl (C=O) groups excluding carboxylic acids is 1. The third kappa shape index (κ3) is 4.31. The van der Waals surface area contributed by atoms with Crippen LogP contribution in [-0.2, 0) is 4.79 Å². The van der Waals surface area contributed by atoms with E-state index in [4.69, 9.17) is 0 Å². The van der Waals surface area contributed by atoms with Gasteiger partial charge in [0.1, 0.15) is 5.82 Å². The molecule has 0 saturated heterocycles. The SMILES string of the molecule is Cc1ccc(Nc2ccc(NC(=O)C3CCCCC3)cn2)cc1. The van der Waals surface area contributed by atoms with E-state index in [0.717, 1.165) is 42.9 Å². The van der Waals surface area contributed by atoms with Crippen molar-refractivity contribution in [2.24, 2.45) is 5.92 Å². The van der Waals surface area contributed by atoms with Crippen LogP contribution in [0.25, 0.3) is 0 Å². The molecule has 23 heavy (non-hydrogen) atoms. The number of aromatic nitrogens is 1. The smallest absolute Gasteiger partial charge is 0.227 e. The summed E-state index contributed by atoms with van der Waals surface area (Å²) in [7, 11) is 0. The van der Waals surface area contributed by atoms with Crippen LogP contribution in [-0.4, -0.2) is 10.9 Å². The second-order valence-electron chi connectivity index (χ2n) is 6.25. The van der Waals surface area contributed by atoms with Crippen LogP contribution in [0, 0.1) is 12.8 Å². The Morgan fingerprint density at radius 1 is 1.00 bits per heavy atom. The van der Waals surface area contributed by atoms with Crippen LogP contribution in [0.5, 0.6) is 0 Å². The number of anilines is 3. The first-order valence-electron chi connectivity index (χ1n) is 8.31. The highest BCUT2D eigenvalue weighted by atomic mass is 16.1. The number of benzene rings is 1.